The van der Waals surface area contributed by atoms with E-state index in [1.165, 1.54) is 6.33 Å². The van der Waals surface area contributed by atoms with E-state index in [0.29, 0.717) is 25.3 Å². The number of likely N-dealkylation sites (tertiary alicyclic amines) is 1. The van der Waals surface area contributed by atoms with Gasteiger partial charge in [0, 0.05) is 25.7 Å². The third kappa shape index (κ3) is 4.84. The summed E-state index contributed by atoms with van der Waals surface area (Å²) in [4.78, 5) is 11.1. The summed E-state index contributed by atoms with van der Waals surface area (Å²) in [7, 11) is 0. The van der Waals surface area contributed by atoms with Crippen molar-refractivity contribution in [2.45, 2.75) is 39.3 Å². The average Bonchev–Trinajstić information content (AvgIpc) is 3.50. The second-order valence-electron chi connectivity index (χ2n) is 8.33. The molecular formula is C25H30N6O3. The molecule has 5 rings (SSSR count). The first-order chi connectivity index (χ1) is 16.7. The number of hydrogen-bond acceptors (Lipinski definition) is 8. The Labute approximate surface area is 198 Å². The van der Waals surface area contributed by atoms with Gasteiger partial charge in [-0.25, -0.2) is 9.67 Å². The fraction of sp³-hybridized carbons (Fsp3) is 0.400. The molecule has 2 aromatic carbocycles. The quantitative estimate of drug-likeness (QED) is 0.394. The molecule has 1 aliphatic rings. The van der Waals surface area contributed by atoms with Crippen LogP contribution in [0.1, 0.15) is 32.3 Å². The SMILES string of the molecule is CCOc1cc(CN2CCC(Nc3nc4ccccc4o3)CC2)cc(OCC)c1-n1cncn1. The molecular weight excluding hydrogens is 432 g/mol. The van der Waals surface area contributed by atoms with Crippen molar-refractivity contribution in [1.29, 1.82) is 0 Å². The van der Waals surface area contributed by atoms with Crippen molar-refractivity contribution >= 4 is 17.1 Å². The minimum absolute atomic E-state index is 0.344. The number of anilines is 1. The van der Waals surface area contributed by atoms with Crippen molar-refractivity contribution in [2.75, 3.05) is 31.6 Å². The Morgan fingerprint density at radius 3 is 2.44 bits per heavy atom. The van der Waals surface area contributed by atoms with Gasteiger partial charge in [-0.3, -0.25) is 4.90 Å². The average molecular weight is 463 g/mol. The van der Waals surface area contributed by atoms with E-state index in [1.807, 2.05) is 38.1 Å². The lowest BCUT2D eigenvalue weighted by Crippen LogP contribution is -2.38. The first-order valence-electron chi connectivity index (χ1n) is 11.9. The molecule has 0 radical (unpaired) electrons. The summed E-state index contributed by atoms with van der Waals surface area (Å²) in [5, 5.41) is 7.76. The van der Waals surface area contributed by atoms with Crippen molar-refractivity contribution in [1.82, 2.24) is 24.6 Å². The first kappa shape index (κ1) is 22.2. The highest BCUT2D eigenvalue weighted by Crippen LogP contribution is 2.35. The summed E-state index contributed by atoms with van der Waals surface area (Å²) in [6.45, 7) is 7.87. The number of oxazole rings is 1. The van der Waals surface area contributed by atoms with Crippen molar-refractivity contribution in [3.05, 3.63) is 54.6 Å². The van der Waals surface area contributed by atoms with E-state index < -0.39 is 0 Å². The van der Waals surface area contributed by atoms with Gasteiger partial charge < -0.3 is 19.2 Å². The second-order valence-corrected chi connectivity index (χ2v) is 8.33. The van der Waals surface area contributed by atoms with Crippen LogP contribution in [0.25, 0.3) is 16.8 Å². The monoisotopic (exact) mass is 462 g/mol. The molecule has 2 aromatic heterocycles. The van der Waals surface area contributed by atoms with E-state index in [1.54, 1.807) is 11.0 Å². The van der Waals surface area contributed by atoms with Crippen LogP contribution in [0, 0.1) is 0 Å². The summed E-state index contributed by atoms with van der Waals surface area (Å²) in [6.07, 6.45) is 5.21. The summed E-state index contributed by atoms with van der Waals surface area (Å²) < 4.78 is 19.5. The van der Waals surface area contributed by atoms with Gasteiger partial charge in [-0.2, -0.15) is 10.1 Å². The van der Waals surface area contributed by atoms with Crippen LogP contribution in [-0.2, 0) is 6.54 Å². The largest absolute Gasteiger partial charge is 0.491 e. The number of para-hydroxylation sites is 2. The maximum atomic E-state index is 5.97. The Morgan fingerprint density at radius 2 is 1.79 bits per heavy atom. The fourth-order valence-corrected chi connectivity index (χ4v) is 4.41. The lowest BCUT2D eigenvalue weighted by atomic mass is 10.0. The molecule has 1 saturated heterocycles. The molecule has 0 atom stereocenters. The van der Waals surface area contributed by atoms with Gasteiger partial charge in [0.1, 0.15) is 29.7 Å². The van der Waals surface area contributed by atoms with Crippen LogP contribution in [0.4, 0.5) is 6.01 Å². The molecule has 4 aromatic rings. The molecule has 0 amide bonds. The molecule has 34 heavy (non-hydrogen) atoms. The van der Waals surface area contributed by atoms with Crippen LogP contribution in [0.3, 0.4) is 0 Å². The number of benzene rings is 2. The zero-order valence-corrected chi connectivity index (χ0v) is 19.6. The van der Waals surface area contributed by atoms with Gasteiger partial charge in [-0.15, -0.1) is 0 Å². The second kappa shape index (κ2) is 10.1. The lowest BCUT2D eigenvalue weighted by Gasteiger charge is -2.32. The van der Waals surface area contributed by atoms with Gasteiger partial charge in [0.25, 0.3) is 6.01 Å². The van der Waals surface area contributed by atoms with E-state index in [9.17, 15) is 0 Å². The molecule has 178 valence electrons. The van der Waals surface area contributed by atoms with Gasteiger partial charge in [0.15, 0.2) is 11.3 Å². The Balaban J connectivity index is 1.26. The number of nitrogens with zero attached hydrogens (tertiary/aromatic N) is 5. The maximum Gasteiger partial charge on any atom is 0.295 e. The number of rotatable bonds is 9. The Hall–Kier alpha value is -3.59. The highest BCUT2D eigenvalue weighted by molar-refractivity contribution is 5.74. The summed E-state index contributed by atoms with van der Waals surface area (Å²) in [6, 6.07) is 13.0. The zero-order chi connectivity index (χ0) is 23.3. The summed E-state index contributed by atoms with van der Waals surface area (Å²) in [5.74, 6) is 1.50. The number of aromatic nitrogens is 4. The van der Waals surface area contributed by atoms with Gasteiger partial charge >= 0.3 is 0 Å². The minimum Gasteiger partial charge on any atom is -0.491 e. The van der Waals surface area contributed by atoms with E-state index >= 15 is 0 Å². The third-order valence-electron chi connectivity index (χ3n) is 5.96. The number of hydrogen-bond donors (Lipinski definition) is 1. The van der Waals surface area contributed by atoms with E-state index in [-0.39, 0.29) is 0 Å². The predicted molar refractivity (Wildman–Crippen MR) is 130 cm³/mol. The van der Waals surface area contributed by atoms with E-state index in [0.717, 1.165) is 66.3 Å². The minimum atomic E-state index is 0.344. The Morgan fingerprint density at radius 1 is 1.06 bits per heavy atom. The van der Waals surface area contributed by atoms with Gasteiger partial charge in [-0.1, -0.05) is 12.1 Å². The third-order valence-corrected chi connectivity index (χ3v) is 5.96. The summed E-state index contributed by atoms with van der Waals surface area (Å²) >= 11 is 0. The first-order valence-corrected chi connectivity index (χ1v) is 11.9. The Bertz CT molecular complexity index is 1150. The molecule has 0 bridgehead atoms. The number of fused-ring (bicyclic) bond motifs is 1. The number of ether oxygens (including phenoxy) is 2. The van der Waals surface area contributed by atoms with Crippen molar-refractivity contribution < 1.29 is 13.9 Å². The number of piperidine rings is 1. The zero-order valence-electron chi connectivity index (χ0n) is 19.6. The lowest BCUT2D eigenvalue weighted by molar-refractivity contribution is 0.209. The molecule has 3 heterocycles. The van der Waals surface area contributed by atoms with Gasteiger partial charge in [0.2, 0.25) is 0 Å². The highest BCUT2D eigenvalue weighted by Gasteiger charge is 2.22. The molecule has 1 aliphatic heterocycles. The van der Waals surface area contributed by atoms with Crippen LogP contribution < -0.4 is 14.8 Å². The molecule has 0 spiro atoms. The van der Waals surface area contributed by atoms with Crippen LogP contribution in [-0.4, -0.2) is 57.0 Å². The van der Waals surface area contributed by atoms with Crippen LogP contribution in [0.5, 0.6) is 11.5 Å². The van der Waals surface area contributed by atoms with Crippen LogP contribution in [0.2, 0.25) is 0 Å². The van der Waals surface area contributed by atoms with Gasteiger partial charge in [0.05, 0.1) is 13.2 Å². The molecule has 1 N–H and O–H groups in total. The van der Waals surface area contributed by atoms with E-state index in [4.69, 9.17) is 13.9 Å². The van der Waals surface area contributed by atoms with Crippen LogP contribution in [0.15, 0.2) is 53.5 Å². The van der Waals surface area contributed by atoms with Crippen molar-refractivity contribution in [2.24, 2.45) is 0 Å². The molecule has 9 heteroatoms. The number of nitrogens with one attached hydrogen (secondary N) is 1. The van der Waals surface area contributed by atoms with Gasteiger partial charge in [-0.05, 0) is 56.5 Å². The maximum absolute atomic E-state index is 5.97. The van der Waals surface area contributed by atoms with Crippen molar-refractivity contribution in [3.63, 3.8) is 0 Å². The molecule has 0 unspecified atom stereocenters. The fourth-order valence-electron chi connectivity index (χ4n) is 4.41. The van der Waals surface area contributed by atoms with Crippen molar-refractivity contribution in [3.8, 4) is 17.2 Å². The standard InChI is InChI=1S/C25H30N6O3/c1-3-32-22-13-18(14-23(33-4-2)24(22)31-17-26-16-27-31)15-30-11-9-19(10-12-30)28-25-29-20-7-5-6-8-21(20)34-25/h5-8,13-14,16-17,19H,3-4,9-12,15H2,1-2H3,(H,28,29). The topological polar surface area (TPSA) is 90.5 Å². The molecule has 0 saturated carbocycles. The Kier molecular flexibility index (Phi) is 6.62. The summed E-state index contributed by atoms with van der Waals surface area (Å²) in [5.41, 5.74) is 3.63. The smallest absolute Gasteiger partial charge is 0.295 e. The normalized spacial score (nSPS) is 15.0. The van der Waals surface area contributed by atoms with E-state index in [2.05, 4.69) is 37.4 Å². The molecule has 1 fully saturated rings. The molecule has 9 nitrogen and oxygen atoms in total. The molecule has 0 aliphatic carbocycles. The van der Waals surface area contributed by atoms with Crippen LogP contribution >= 0.6 is 0 Å². The predicted octanol–water partition coefficient (Wildman–Crippen LogP) is 4.28. The highest BCUT2D eigenvalue weighted by atomic mass is 16.5.